The summed E-state index contributed by atoms with van der Waals surface area (Å²) in [7, 11) is 1.50. The van der Waals surface area contributed by atoms with Crippen LogP contribution in [-0.2, 0) is 6.42 Å². The van der Waals surface area contributed by atoms with Crippen LogP contribution in [0.3, 0.4) is 0 Å². The van der Waals surface area contributed by atoms with E-state index in [1.807, 2.05) is 13.0 Å². The lowest BCUT2D eigenvalue weighted by molar-refractivity contribution is -0.385. The van der Waals surface area contributed by atoms with Gasteiger partial charge in [0.2, 0.25) is 0 Å². The van der Waals surface area contributed by atoms with Crippen molar-refractivity contribution in [1.82, 2.24) is 0 Å². The number of nitro benzene ring substituents is 1. The van der Waals surface area contributed by atoms with Gasteiger partial charge in [-0.05, 0) is 30.9 Å². The van der Waals surface area contributed by atoms with Crippen molar-refractivity contribution >= 4 is 17.3 Å². The maximum atomic E-state index is 10.7. The number of halogens is 1. The van der Waals surface area contributed by atoms with Gasteiger partial charge in [-0.2, -0.15) is 0 Å². The minimum absolute atomic E-state index is 0.0574. The van der Waals surface area contributed by atoms with E-state index in [9.17, 15) is 10.1 Å². The Kier molecular flexibility index (Phi) is 5.22. The third kappa shape index (κ3) is 4.23. The molecule has 1 aromatic rings. The maximum absolute atomic E-state index is 10.7. The van der Waals surface area contributed by atoms with Gasteiger partial charge in [-0.1, -0.05) is 6.92 Å². The molecule has 0 spiro atoms. The van der Waals surface area contributed by atoms with Gasteiger partial charge in [0.05, 0.1) is 18.1 Å². The monoisotopic (exact) mass is 257 g/mol. The number of benzene rings is 1. The van der Waals surface area contributed by atoms with Crippen LogP contribution in [0.2, 0.25) is 0 Å². The fourth-order valence-electron chi connectivity index (χ4n) is 1.54. The molecular weight excluding hydrogens is 242 g/mol. The molecular formula is C12H16ClNO3. The molecule has 0 bridgehead atoms. The second kappa shape index (κ2) is 6.45. The first-order chi connectivity index (χ1) is 8.06. The van der Waals surface area contributed by atoms with E-state index < -0.39 is 4.92 Å². The number of nitro groups is 1. The largest absolute Gasteiger partial charge is 0.496 e. The highest BCUT2D eigenvalue weighted by atomic mass is 35.5. The fraction of sp³-hybridized carbons (Fsp3) is 0.500. The van der Waals surface area contributed by atoms with E-state index in [2.05, 4.69) is 0 Å². The van der Waals surface area contributed by atoms with E-state index in [1.165, 1.54) is 13.2 Å². The molecule has 1 atom stereocenters. The van der Waals surface area contributed by atoms with Crippen molar-refractivity contribution in [3.63, 3.8) is 0 Å². The van der Waals surface area contributed by atoms with Gasteiger partial charge in [-0.25, -0.2) is 0 Å². The molecule has 0 aliphatic carbocycles. The minimum atomic E-state index is -0.413. The minimum Gasteiger partial charge on any atom is -0.496 e. The molecule has 1 rings (SSSR count). The number of hydrogen-bond donors (Lipinski definition) is 0. The van der Waals surface area contributed by atoms with Gasteiger partial charge in [0.1, 0.15) is 5.75 Å². The van der Waals surface area contributed by atoms with Crippen LogP contribution in [0.25, 0.3) is 0 Å². The maximum Gasteiger partial charge on any atom is 0.273 e. The van der Waals surface area contributed by atoms with Crippen LogP contribution in [-0.4, -0.2) is 17.4 Å². The van der Waals surface area contributed by atoms with Crippen molar-refractivity contribution in [3.8, 4) is 5.75 Å². The van der Waals surface area contributed by atoms with Crippen molar-refractivity contribution in [2.75, 3.05) is 7.11 Å². The summed E-state index contributed by atoms with van der Waals surface area (Å²) >= 11 is 6.03. The van der Waals surface area contributed by atoms with Gasteiger partial charge < -0.3 is 4.74 Å². The first-order valence-corrected chi connectivity index (χ1v) is 5.96. The molecule has 94 valence electrons. The highest BCUT2D eigenvalue weighted by molar-refractivity contribution is 6.20. The first-order valence-electron chi connectivity index (χ1n) is 5.53. The Hall–Kier alpha value is -1.29. The highest BCUT2D eigenvalue weighted by Gasteiger charge is 2.11. The van der Waals surface area contributed by atoms with Crippen LogP contribution in [0.5, 0.6) is 5.75 Å². The molecule has 4 nitrogen and oxygen atoms in total. The van der Waals surface area contributed by atoms with Gasteiger partial charge in [-0.3, -0.25) is 10.1 Å². The summed E-state index contributed by atoms with van der Waals surface area (Å²) in [6.07, 6.45) is 2.43. The fourth-order valence-corrected chi connectivity index (χ4v) is 1.65. The summed E-state index contributed by atoms with van der Waals surface area (Å²) in [5.41, 5.74) is 0.942. The van der Waals surface area contributed by atoms with Gasteiger partial charge >= 0.3 is 0 Å². The summed E-state index contributed by atoms with van der Waals surface area (Å²) in [6, 6.07) is 4.80. The van der Waals surface area contributed by atoms with E-state index >= 15 is 0 Å². The Labute approximate surface area is 106 Å². The predicted octanol–water partition coefficient (Wildman–Crippen LogP) is 3.55. The van der Waals surface area contributed by atoms with E-state index in [0.717, 1.165) is 24.8 Å². The number of aryl methyl sites for hydroxylation is 1. The summed E-state index contributed by atoms with van der Waals surface area (Å²) in [5.74, 6) is 0.511. The van der Waals surface area contributed by atoms with E-state index in [-0.39, 0.29) is 11.1 Å². The third-order valence-electron chi connectivity index (χ3n) is 2.59. The van der Waals surface area contributed by atoms with Crippen molar-refractivity contribution in [3.05, 3.63) is 33.9 Å². The average molecular weight is 258 g/mol. The zero-order valence-electron chi connectivity index (χ0n) is 9.98. The Balaban J connectivity index is 2.83. The number of alkyl halides is 1. The number of hydrogen-bond acceptors (Lipinski definition) is 3. The van der Waals surface area contributed by atoms with Crippen molar-refractivity contribution < 1.29 is 9.66 Å². The smallest absolute Gasteiger partial charge is 0.273 e. The highest BCUT2D eigenvalue weighted by Crippen LogP contribution is 2.24. The molecule has 0 heterocycles. The molecule has 1 aromatic carbocycles. The van der Waals surface area contributed by atoms with E-state index in [1.54, 1.807) is 6.07 Å². The van der Waals surface area contributed by atoms with Gasteiger partial charge in [0.15, 0.2) is 0 Å². The molecule has 5 heteroatoms. The normalized spacial score (nSPS) is 12.2. The molecule has 17 heavy (non-hydrogen) atoms. The first kappa shape index (κ1) is 13.8. The molecule has 0 aliphatic heterocycles. The molecule has 0 aromatic heterocycles. The van der Waals surface area contributed by atoms with Crippen molar-refractivity contribution in [1.29, 1.82) is 0 Å². The summed E-state index contributed by atoms with van der Waals surface area (Å²) in [6.45, 7) is 2.02. The van der Waals surface area contributed by atoms with E-state index in [0.29, 0.717) is 5.75 Å². The third-order valence-corrected chi connectivity index (χ3v) is 3.11. The molecule has 0 saturated heterocycles. The lowest BCUT2D eigenvalue weighted by Crippen LogP contribution is -2.00. The number of non-ortho nitro benzene ring substituents is 1. The SMILES string of the molecule is CCC(Cl)CCc1cc(OC)cc([N+](=O)[O-])c1. The van der Waals surface area contributed by atoms with E-state index in [4.69, 9.17) is 16.3 Å². The number of rotatable bonds is 6. The molecule has 1 unspecified atom stereocenters. The standard InChI is InChI=1S/C12H16ClNO3/c1-3-10(13)5-4-9-6-11(14(15)16)8-12(7-9)17-2/h6-8,10H,3-5H2,1-2H3. The number of ether oxygens (including phenoxy) is 1. The topological polar surface area (TPSA) is 52.4 Å². The lowest BCUT2D eigenvalue weighted by Gasteiger charge is -2.07. The summed E-state index contributed by atoms with van der Waals surface area (Å²) in [5, 5.41) is 10.9. The molecule has 0 N–H and O–H groups in total. The van der Waals surface area contributed by atoms with Crippen LogP contribution in [0.1, 0.15) is 25.3 Å². The Morgan fingerprint density at radius 1 is 1.47 bits per heavy atom. The molecule has 0 aliphatic rings. The predicted molar refractivity (Wildman–Crippen MR) is 67.9 cm³/mol. The second-order valence-electron chi connectivity index (χ2n) is 3.84. The second-order valence-corrected chi connectivity index (χ2v) is 4.46. The van der Waals surface area contributed by atoms with Crippen LogP contribution >= 0.6 is 11.6 Å². The van der Waals surface area contributed by atoms with Crippen LogP contribution < -0.4 is 4.74 Å². The molecule has 0 fully saturated rings. The Bertz CT molecular complexity index is 395. The van der Waals surface area contributed by atoms with Crippen LogP contribution in [0.15, 0.2) is 18.2 Å². The van der Waals surface area contributed by atoms with Crippen molar-refractivity contribution in [2.45, 2.75) is 31.6 Å². The lowest BCUT2D eigenvalue weighted by atomic mass is 10.1. The van der Waals surface area contributed by atoms with Gasteiger partial charge in [-0.15, -0.1) is 11.6 Å². The van der Waals surface area contributed by atoms with Crippen LogP contribution in [0.4, 0.5) is 5.69 Å². The van der Waals surface area contributed by atoms with Gasteiger partial charge in [0, 0.05) is 11.4 Å². The van der Waals surface area contributed by atoms with Crippen LogP contribution in [0, 0.1) is 10.1 Å². The molecule has 0 amide bonds. The van der Waals surface area contributed by atoms with Gasteiger partial charge in [0.25, 0.3) is 5.69 Å². The summed E-state index contributed by atoms with van der Waals surface area (Å²) < 4.78 is 5.04. The zero-order chi connectivity index (χ0) is 12.8. The Morgan fingerprint density at radius 2 is 2.18 bits per heavy atom. The Morgan fingerprint density at radius 3 is 2.71 bits per heavy atom. The summed E-state index contributed by atoms with van der Waals surface area (Å²) in [4.78, 5) is 10.3. The quantitative estimate of drug-likeness (QED) is 0.445. The number of methoxy groups -OCH3 is 1. The number of nitrogens with zero attached hydrogens (tertiary/aromatic N) is 1. The van der Waals surface area contributed by atoms with Crippen molar-refractivity contribution in [2.24, 2.45) is 0 Å². The zero-order valence-corrected chi connectivity index (χ0v) is 10.7. The average Bonchev–Trinajstić information content (AvgIpc) is 2.35. The molecule has 0 saturated carbocycles. The molecule has 0 radical (unpaired) electrons.